The first-order valence-corrected chi connectivity index (χ1v) is 11.7. The summed E-state index contributed by atoms with van der Waals surface area (Å²) in [5.41, 5.74) is 4.89. The highest BCUT2D eigenvalue weighted by atomic mass is 16.7. The van der Waals surface area contributed by atoms with Crippen molar-refractivity contribution in [3.8, 4) is 22.6 Å². The molecule has 1 fully saturated rings. The monoisotopic (exact) mass is 471 g/mol. The van der Waals surface area contributed by atoms with Gasteiger partial charge >= 0.3 is 0 Å². The van der Waals surface area contributed by atoms with Crippen molar-refractivity contribution in [3.63, 3.8) is 0 Å². The fourth-order valence-corrected chi connectivity index (χ4v) is 4.53. The Morgan fingerprint density at radius 2 is 1.69 bits per heavy atom. The van der Waals surface area contributed by atoms with Gasteiger partial charge in [0.1, 0.15) is 0 Å². The van der Waals surface area contributed by atoms with Crippen LogP contribution in [-0.2, 0) is 16.8 Å². The van der Waals surface area contributed by atoms with Gasteiger partial charge in [-0.05, 0) is 78.5 Å². The van der Waals surface area contributed by atoms with Gasteiger partial charge in [-0.2, -0.15) is 0 Å². The quantitative estimate of drug-likeness (QED) is 0.541. The van der Waals surface area contributed by atoms with Crippen molar-refractivity contribution < 1.29 is 19.1 Å². The molecular weight excluding hydrogens is 442 g/mol. The lowest BCUT2D eigenvalue weighted by molar-refractivity contribution is -0.118. The van der Waals surface area contributed by atoms with E-state index in [9.17, 15) is 9.59 Å². The van der Waals surface area contributed by atoms with Gasteiger partial charge in [-0.25, -0.2) is 0 Å². The maximum atomic E-state index is 13.4. The van der Waals surface area contributed by atoms with E-state index in [1.807, 2.05) is 67.7 Å². The van der Waals surface area contributed by atoms with E-state index in [1.165, 1.54) is 0 Å². The average molecular weight is 472 g/mol. The molecule has 35 heavy (non-hydrogen) atoms. The second-order valence-corrected chi connectivity index (χ2v) is 9.28. The van der Waals surface area contributed by atoms with E-state index in [0.717, 1.165) is 40.8 Å². The van der Waals surface area contributed by atoms with Crippen molar-refractivity contribution in [1.29, 1.82) is 0 Å². The van der Waals surface area contributed by atoms with Gasteiger partial charge in [0, 0.05) is 31.9 Å². The van der Waals surface area contributed by atoms with Crippen LogP contribution in [0.2, 0.25) is 0 Å². The van der Waals surface area contributed by atoms with E-state index >= 15 is 0 Å². The molecule has 5 rings (SSSR count). The first-order chi connectivity index (χ1) is 16.9. The predicted octanol–water partition coefficient (Wildman–Crippen LogP) is 4.17. The van der Waals surface area contributed by atoms with Crippen molar-refractivity contribution in [2.75, 3.05) is 33.3 Å². The molecule has 2 aliphatic rings. The molecule has 0 radical (unpaired) electrons. The highest BCUT2D eigenvalue weighted by molar-refractivity contribution is 6.02. The molecule has 0 unspecified atom stereocenters. The van der Waals surface area contributed by atoms with Crippen LogP contribution in [0.1, 0.15) is 34.3 Å². The maximum Gasteiger partial charge on any atom is 0.253 e. The number of carbonyl (C=O) groups excluding carboxylic acids is 2. The zero-order valence-corrected chi connectivity index (χ0v) is 20.2. The first kappa shape index (κ1) is 22.9. The van der Waals surface area contributed by atoms with Gasteiger partial charge in [-0.15, -0.1) is 0 Å². The molecule has 3 aromatic rings. The van der Waals surface area contributed by atoms with Crippen LogP contribution in [0.25, 0.3) is 11.1 Å². The lowest BCUT2D eigenvalue weighted by atomic mass is 9.94. The Bertz CT molecular complexity index is 1280. The summed E-state index contributed by atoms with van der Waals surface area (Å²) in [6.45, 7) is 0.896. The Morgan fingerprint density at radius 1 is 0.943 bits per heavy atom. The fraction of sp³-hybridized carbons (Fsp3) is 0.286. The number of rotatable bonds is 7. The molecule has 3 aromatic carbocycles. The number of carbonyl (C=O) groups is 2. The average Bonchev–Trinajstić information content (AvgIpc) is 3.55. The van der Waals surface area contributed by atoms with Crippen LogP contribution in [0.15, 0.2) is 60.7 Å². The molecule has 1 aliphatic heterocycles. The highest BCUT2D eigenvalue weighted by Crippen LogP contribution is 2.51. The number of ether oxygens (including phenoxy) is 2. The Labute approximate surface area is 205 Å². The Balaban J connectivity index is 1.40. The largest absolute Gasteiger partial charge is 0.454 e. The standard InChI is InChI=1S/C28H29N3O4/c1-29-16-20-8-10-22(15-23(20)18-4-6-19(7-5-18)26(32)31(2)3)30-27(33)28(12-13-28)21-9-11-24-25(14-21)35-17-34-24/h4-11,14-15,29H,12-13,16-17H2,1-3H3,(H,30,33). The molecule has 0 aromatic heterocycles. The van der Waals surface area contributed by atoms with Crippen molar-refractivity contribution in [2.24, 2.45) is 0 Å². The second-order valence-electron chi connectivity index (χ2n) is 9.28. The molecule has 0 bridgehead atoms. The van der Waals surface area contributed by atoms with Gasteiger partial charge in [0.05, 0.1) is 5.41 Å². The number of amides is 2. The summed E-state index contributed by atoms with van der Waals surface area (Å²) in [5.74, 6) is 1.35. The normalized spacial score (nSPS) is 14.9. The van der Waals surface area contributed by atoms with Crippen LogP contribution in [0, 0.1) is 0 Å². The number of nitrogens with zero attached hydrogens (tertiary/aromatic N) is 1. The number of anilines is 1. The fourth-order valence-electron chi connectivity index (χ4n) is 4.53. The van der Waals surface area contributed by atoms with E-state index in [4.69, 9.17) is 9.47 Å². The summed E-state index contributed by atoms with van der Waals surface area (Å²) >= 11 is 0. The van der Waals surface area contributed by atoms with Crippen LogP contribution >= 0.6 is 0 Å². The molecule has 7 heteroatoms. The molecule has 2 amide bonds. The van der Waals surface area contributed by atoms with Crippen molar-refractivity contribution >= 4 is 17.5 Å². The number of benzene rings is 3. The van der Waals surface area contributed by atoms with E-state index in [1.54, 1.807) is 19.0 Å². The van der Waals surface area contributed by atoms with Crippen molar-refractivity contribution in [2.45, 2.75) is 24.8 Å². The Hall–Kier alpha value is -3.84. The Morgan fingerprint density at radius 3 is 2.37 bits per heavy atom. The minimum absolute atomic E-state index is 0.0180. The molecule has 2 N–H and O–H groups in total. The SMILES string of the molecule is CNCc1ccc(NC(=O)C2(c3ccc4c(c3)OCO4)CC2)cc1-c1ccc(C(=O)N(C)C)cc1. The van der Waals surface area contributed by atoms with Crippen LogP contribution in [0.3, 0.4) is 0 Å². The zero-order valence-electron chi connectivity index (χ0n) is 20.2. The minimum Gasteiger partial charge on any atom is -0.454 e. The number of hydrogen-bond acceptors (Lipinski definition) is 5. The maximum absolute atomic E-state index is 13.4. The van der Waals surface area contributed by atoms with Crippen LogP contribution < -0.4 is 20.1 Å². The molecule has 180 valence electrons. The lowest BCUT2D eigenvalue weighted by Gasteiger charge is -2.18. The lowest BCUT2D eigenvalue weighted by Crippen LogP contribution is -2.27. The minimum atomic E-state index is -0.543. The van der Waals surface area contributed by atoms with Crippen LogP contribution in [0.5, 0.6) is 11.5 Å². The molecule has 1 aliphatic carbocycles. The van der Waals surface area contributed by atoms with Crippen molar-refractivity contribution in [3.05, 3.63) is 77.4 Å². The van der Waals surface area contributed by atoms with Gasteiger partial charge in [-0.3, -0.25) is 9.59 Å². The van der Waals surface area contributed by atoms with Crippen molar-refractivity contribution in [1.82, 2.24) is 10.2 Å². The Kier molecular flexibility index (Phi) is 5.94. The molecule has 0 saturated heterocycles. The van der Waals surface area contributed by atoms with Crippen LogP contribution in [-0.4, -0.2) is 44.7 Å². The van der Waals surface area contributed by atoms with Crippen LogP contribution in [0.4, 0.5) is 5.69 Å². The van der Waals surface area contributed by atoms with E-state index in [0.29, 0.717) is 23.6 Å². The summed E-state index contributed by atoms with van der Waals surface area (Å²) in [7, 11) is 5.38. The number of hydrogen-bond donors (Lipinski definition) is 2. The summed E-state index contributed by atoms with van der Waals surface area (Å²) in [4.78, 5) is 27.2. The van der Waals surface area contributed by atoms with Gasteiger partial charge in [0.15, 0.2) is 11.5 Å². The summed E-state index contributed by atoms with van der Waals surface area (Å²) in [6.07, 6.45) is 1.59. The summed E-state index contributed by atoms with van der Waals surface area (Å²) < 4.78 is 10.9. The first-order valence-electron chi connectivity index (χ1n) is 11.7. The van der Waals surface area contributed by atoms with Gasteiger partial charge in [-0.1, -0.05) is 24.3 Å². The zero-order chi connectivity index (χ0) is 24.6. The number of nitrogens with one attached hydrogen (secondary N) is 2. The molecule has 1 heterocycles. The third-order valence-electron chi connectivity index (χ3n) is 6.69. The van der Waals surface area contributed by atoms with Gasteiger partial charge in [0.25, 0.3) is 5.91 Å². The summed E-state index contributed by atoms with van der Waals surface area (Å²) in [5, 5.41) is 6.35. The van der Waals surface area contributed by atoms with E-state index in [2.05, 4.69) is 10.6 Å². The third kappa shape index (κ3) is 4.35. The summed E-state index contributed by atoms with van der Waals surface area (Å²) in [6, 6.07) is 19.3. The predicted molar refractivity (Wildman–Crippen MR) is 135 cm³/mol. The molecule has 1 saturated carbocycles. The molecular formula is C28H29N3O4. The van der Waals surface area contributed by atoms with E-state index in [-0.39, 0.29) is 18.6 Å². The van der Waals surface area contributed by atoms with E-state index < -0.39 is 5.41 Å². The smallest absolute Gasteiger partial charge is 0.253 e. The molecule has 0 atom stereocenters. The topological polar surface area (TPSA) is 79.9 Å². The van der Waals surface area contributed by atoms with Gasteiger partial charge < -0.3 is 25.0 Å². The second kappa shape index (κ2) is 9.07. The van der Waals surface area contributed by atoms with Gasteiger partial charge in [0.2, 0.25) is 12.7 Å². The molecule has 0 spiro atoms. The number of fused-ring (bicyclic) bond motifs is 1. The highest BCUT2D eigenvalue weighted by Gasteiger charge is 2.51. The third-order valence-corrected chi connectivity index (χ3v) is 6.69. The molecule has 7 nitrogen and oxygen atoms in total.